The van der Waals surface area contributed by atoms with Gasteiger partial charge in [0, 0.05) is 6.42 Å². The molecule has 1 aromatic heterocycles. The smallest absolute Gasteiger partial charge is 0.0967 e. The highest BCUT2D eigenvalue weighted by molar-refractivity contribution is 5.08. The fraction of sp³-hybridized carbons (Fsp3) is 0.750. The van der Waals surface area contributed by atoms with E-state index < -0.39 is 6.10 Å². The van der Waals surface area contributed by atoms with Crippen molar-refractivity contribution in [3.63, 3.8) is 0 Å². The summed E-state index contributed by atoms with van der Waals surface area (Å²) in [5.74, 6) is 0. The molecule has 0 aliphatic rings. The van der Waals surface area contributed by atoms with Gasteiger partial charge in [-0.2, -0.15) is 0 Å². The van der Waals surface area contributed by atoms with Crippen LogP contribution in [-0.2, 0) is 13.0 Å². The predicted molar refractivity (Wildman–Crippen MR) is 50.6 cm³/mol. The lowest BCUT2D eigenvalue weighted by atomic mass is 10.2. The van der Waals surface area contributed by atoms with Gasteiger partial charge in [0.1, 0.15) is 0 Å². The zero-order chi connectivity index (χ0) is 10.6. The van der Waals surface area contributed by atoms with Gasteiger partial charge in [0.15, 0.2) is 0 Å². The molecule has 14 heavy (non-hydrogen) atoms. The molecule has 0 aliphatic carbocycles. The Morgan fingerprint density at radius 1 is 1.57 bits per heavy atom. The van der Waals surface area contributed by atoms with Crippen LogP contribution >= 0.6 is 0 Å². The first-order valence-electron chi connectivity index (χ1n) is 4.57. The molecule has 6 nitrogen and oxygen atoms in total. The number of aromatic nitrogens is 3. The Hall–Kier alpha value is -0.980. The van der Waals surface area contributed by atoms with Crippen molar-refractivity contribution < 1.29 is 10.2 Å². The maximum atomic E-state index is 9.21. The van der Waals surface area contributed by atoms with E-state index in [0.29, 0.717) is 13.0 Å². The molecular formula is C8H16N4O2. The number of aliphatic hydroxyl groups excluding tert-OH is 2. The van der Waals surface area contributed by atoms with E-state index in [1.807, 2.05) is 6.92 Å². The van der Waals surface area contributed by atoms with E-state index >= 15 is 0 Å². The summed E-state index contributed by atoms with van der Waals surface area (Å²) in [5.41, 5.74) is 7.14. The molecule has 0 bridgehead atoms. The van der Waals surface area contributed by atoms with E-state index in [9.17, 15) is 5.11 Å². The highest BCUT2D eigenvalue weighted by Gasteiger charge is 2.10. The molecular weight excluding hydrogens is 184 g/mol. The summed E-state index contributed by atoms with van der Waals surface area (Å²) in [4.78, 5) is 0. The number of nitrogens with two attached hydrogens (primary N) is 1. The molecule has 1 rings (SSSR count). The molecule has 0 fully saturated rings. The first kappa shape index (κ1) is 11.1. The van der Waals surface area contributed by atoms with Gasteiger partial charge < -0.3 is 15.9 Å². The molecule has 0 saturated carbocycles. The van der Waals surface area contributed by atoms with Crippen molar-refractivity contribution in [3.05, 3.63) is 11.4 Å². The van der Waals surface area contributed by atoms with Crippen molar-refractivity contribution in [2.24, 2.45) is 5.73 Å². The topological polar surface area (TPSA) is 97.2 Å². The van der Waals surface area contributed by atoms with E-state index in [4.69, 9.17) is 10.8 Å². The van der Waals surface area contributed by atoms with Crippen LogP contribution in [0.3, 0.4) is 0 Å². The molecule has 1 aromatic rings. The van der Waals surface area contributed by atoms with Crippen LogP contribution in [0, 0.1) is 6.92 Å². The minimum Gasteiger partial charge on any atom is -0.394 e. The summed E-state index contributed by atoms with van der Waals surface area (Å²) in [6.45, 7) is 2.39. The molecule has 1 atom stereocenters. The SMILES string of the molecule is Cc1c(CCN)nnn1CC(O)CO. The van der Waals surface area contributed by atoms with Gasteiger partial charge in [-0.05, 0) is 13.5 Å². The van der Waals surface area contributed by atoms with Gasteiger partial charge in [0.2, 0.25) is 0 Å². The van der Waals surface area contributed by atoms with Crippen LogP contribution in [0.25, 0.3) is 0 Å². The first-order chi connectivity index (χ1) is 6.69. The minimum atomic E-state index is -0.791. The molecule has 0 saturated heterocycles. The first-order valence-corrected chi connectivity index (χ1v) is 4.57. The Labute approximate surface area is 82.3 Å². The molecule has 6 heteroatoms. The highest BCUT2D eigenvalue weighted by Crippen LogP contribution is 2.04. The van der Waals surface area contributed by atoms with E-state index in [1.165, 1.54) is 0 Å². The number of hydrogen-bond donors (Lipinski definition) is 3. The lowest BCUT2D eigenvalue weighted by molar-refractivity contribution is 0.0772. The van der Waals surface area contributed by atoms with Gasteiger partial charge in [-0.1, -0.05) is 5.21 Å². The molecule has 0 aromatic carbocycles. The van der Waals surface area contributed by atoms with Crippen molar-refractivity contribution in [1.29, 1.82) is 0 Å². The quantitative estimate of drug-likeness (QED) is 0.534. The number of aliphatic hydroxyl groups is 2. The molecule has 0 spiro atoms. The summed E-state index contributed by atoms with van der Waals surface area (Å²) >= 11 is 0. The maximum absolute atomic E-state index is 9.21. The minimum absolute atomic E-state index is 0.264. The Morgan fingerprint density at radius 2 is 2.29 bits per heavy atom. The fourth-order valence-corrected chi connectivity index (χ4v) is 1.19. The second kappa shape index (κ2) is 5.04. The van der Waals surface area contributed by atoms with Crippen molar-refractivity contribution in [1.82, 2.24) is 15.0 Å². The molecule has 4 N–H and O–H groups in total. The van der Waals surface area contributed by atoms with Crippen molar-refractivity contribution in [3.8, 4) is 0 Å². The second-order valence-electron chi connectivity index (χ2n) is 3.18. The van der Waals surface area contributed by atoms with E-state index in [0.717, 1.165) is 11.4 Å². The third-order valence-corrected chi connectivity index (χ3v) is 2.05. The van der Waals surface area contributed by atoms with Crippen molar-refractivity contribution in [2.75, 3.05) is 13.2 Å². The zero-order valence-electron chi connectivity index (χ0n) is 8.22. The summed E-state index contributed by atoms with van der Waals surface area (Å²) in [6.07, 6.45) is -0.109. The maximum Gasteiger partial charge on any atom is 0.0967 e. The highest BCUT2D eigenvalue weighted by atomic mass is 16.3. The standard InChI is InChI=1S/C8H16N4O2/c1-6-8(2-3-9)10-11-12(6)4-7(14)5-13/h7,13-14H,2-5,9H2,1H3. The van der Waals surface area contributed by atoms with Gasteiger partial charge in [-0.15, -0.1) is 5.10 Å². The fourth-order valence-electron chi connectivity index (χ4n) is 1.19. The molecule has 0 amide bonds. The normalized spacial score (nSPS) is 13.1. The summed E-state index contributed by atoms with van der Waals surface area (Å²) in [7, 11) is 0. The van der Waals surface area contributed by atoms with Gasteiger partial charge >= 0.3 is 0 Å². The van der Waals surface area contributed by atoms with Crippen molar-refractivity contribution >= 4 is 0 Å². The van der Waals surface area contributed by atoms with Crippen molar-refractivity contribution in [2.45, 2.75) is 26.0 Å². The summed E-state index contributed by atoms with van der Waals surface area (Å²) < 4.78 is 1.58. The molecule has 80 valence electrons. The van der Waals surface area contributed by atoms with Crippen LogP contribution in [0.15, 0.2) is 0 Å². The Balaban J connectivity index is 2.69. The largest absolute Gasteiger partial charge is 0.394 e. The summed E-state index contributed by atoms with van der Waals surface area (Å²) in [5, 5.41) is 25.7. The predicted octanol–water partition coefficient (Wildman–Crippen LogP) is -1.56. The van der Waals surface area contributed by atoms with Gasteiger partial charge in [-0.3, -0.25) is 0 Å². The van der Waals surface area contributed by atoms with Crippen LogP contribution in [0.1, 0.15) is 11.4 Å². The summed E-state index contributed by atoms with van der Waals surface area (Å²) in [6, 6.07) is 0. The van der Waals surface area contributed by atoms with E-state index in [-0.39, 0.29) is 13.2 Å². The van der Waals surface area contributed by atoms with Gasteiger partial charge in [0.05, 0.1) is 30.6 Å². The van der Waals surface area contributed by atoms with Crippen LogP contribution in [-0.4, -0.2) is 44.5 Å². The average Bonchev–Trinajstić information content (AvgIpc) is 2.50. The molecule has 0 radical (unpaired) electrons. The van der Waals surface area contributed by atoms with Crippen LogP contribution in [0.4, 0.5) is 0 Å². The lowest BCUT2D eigenvalue weighted by Crippen LogP contribution is -2.21. The molecule has 1 heterocycles. The van der Waals surface area contributed by atoms with E-state index in [1.54, 1.807) is 4.68 Å². The van der Waals surface area contributed by atoms with Crippen LogP contribution in [0.5, 0.6) is 0 Å². The number of rotatable bonds is 5. The zero-order valence-corrected chi connectivity index (χ0v) is 8.22. The van der Waals surface area contributed by atoms with E-state index in [2.05, 4.69) is 10.3 Å². The van der Waals surface area contributed by atoms with Gasteiger partial charge in [0.25, 0.3) is 0 Å². The third-order valence-electron chi connectivity index (χ3n) is 2.05. The lowest BCUT2D eigenvalue weighted by Gasteiger charge is -2.07. The number of nitrogens with zero attached hydrogens (tertiary/aromatic N) is 3. The Bertz CT molecular complexity index is 287. The average molecular weight is 200 g/mol. The Morgan fingerprint density at radius 3 is 2.86 bits per heavy atom. The number of hydrogen-bond acceptors (Lipinski definition) is 5. The van der Waals surface area contributed by atoms with Crippen LogP contribution < -0.4 is 5.73 Å². The van der Waals surface area contributed by atoms with Crippen LogP contribution in [0.2, 0.25) is 0 Å². The Kier molecular flexibility index (Phi) is 3.99. The van der Waals surface area contributed by atoms with Gasteiger partial charge in [-0.25, -0.2) is 4.68 Å². The monoisotopic (exact) mass is 200 g/mol. The molecule has 0 aliphatic heterocycles. The third kappa shape index (κ3) is 2.50. The molecule has 1 unspecified atom stereocenters. The second-order valence-corrected chi connectivity index (χ2v) is 3.18.